The van der Waals surface area contributed by atoms with Crippen molar-refractivity contribution in [1.29, 1.82) is 0 Å². The van der Waals surface area contributed by atoms with Crippen molar-refractivity contribution in [2.45, 2.75) is 18.6 Å². The van der Waals surface area contributed by atoms with E-state index in [-0.39, 0.29) is 29.4 Å². The van der Waals surface area contributed by atoms with Crippen LogP contribution in [0.5, 0.6) is 5.75 Å². The van der Waals surface area contributed by atoms with Crippen molar-refractivity contribution in [3.8, 4) is 22.7 Å². The average molecular weight is 567 g/mol. The SMILES string of the molecule is CCCNC(=O)CN1C(=O)CSC(c2cccs2)c2c(-c3ccc(Cl)cc3)nn(-c3ccc(OC)cc3)c21. The Morgan fingerprint density at radius 1 is 1.16 bits per heavy atom. The van der Waals surface area contributed by atoms with Gasteiger partial charge in [0.25, 0.3) is 0 Å². The van der Waals surface area contributed by atoms with Crippen LogP contribution < -0.4 is 15.0 Å². The summed E-state index contributed by atoms with van der Waals surface area (Å²) in [6, 6.07) is 19.1. The molecule has 38 heavy (non-hydrogen) atoms. The highest BCUT2D eigenvalue weighted by molar-refractivity contribution is 8.00. The number of anilines is 1. The highest BCUT2D eigenvalue weighted by atomic mass is 35.5. The Bertz CT molecular complexity index is 1420. The number of aromatic nitrogens is 2. The maximum absolute atomic E-state index is 13.6. The lowest BCUT2D eigenvalue weighted by Crippen LogP contribution is -2.42. The minimum Gasteiger partial charge on any atom is -0.497 e. The second kappa shape index (κ2) is 11.6. The highest BCUT2D eigenvalue weighted by Gasteiger charge is 2.38. The number of hydrogen-bond acceptors (Lipinski definition) is 6. The fraction of sp³-hybridized carbons (Fsp3) is 0.250. The van der Waals surface area contributed by atoms with Crippen molar-refractivity contribution in [2.75, 3.05) is 30.9 Å². The lowest BCUT2D eigenvalue weighted by atomic mass is 10.0. The van der Waals surface area contributed by atoms with Crippen LogP contribution in [0.15, 0.2) is 66.0 Å². The van der Waals surface area contributed by atoms with Crippen LogP contribution in [0.25, 0.3) is 16.9 Å². The van der Waals surface area contributed by atoms with Gasteiger partial charge in [-0.2, -0.15) is 5.10 Å². The molecule has 1 atom stereocenters. The number of methoxy groups -OCH3 is 1. The highest BCUT2D eigenvalue weighted by Crippen LogP contribution is 2.49. The van der Waals surface area contributed by atoms with E-state index in [0.29, 0.717) is 23.1 Å². The van der Waals surface area contributed by atoms with Gasteiger partial charge in [0.15, 0.2) is 0 Å². The Morgan fingerprint density at radius 3 is 2.58 bits per heavy atom. The minimum atomic E-state index is -0.207. The molecule has 7 nitrogen and oxygen atoms in total. The predicted octanol–water partition coefficient (Wildman–Crippen LogP) is 5.96. The Kier molecular flexibility index (Phi) is 8.06. The van der Waals surface area contributed by atoms with E-state index in [1.807, 2.05) is 66.9 Å². The molecule has 5 rings (SSSR count). The van der Waals surface area contributed by atoms with Crippen molar-refractivity contribution < 1.29 is 14.3 Å². The van der Waals surface area contributed by atoms with Crippen LogP contribution in [0, 0.1) is 0 Å². The molecule has 1 aliphatic heterocycles. The van der Waals surface area contributed by atoms with Crippen molar-refractivity contribution in [3.05, 3.63) is 81.5 Å². The number of amides is 2. The van der Waals surface area contributed by atoms with Crippen molar-refractivity contribution in [1.82, 2.24) is 15.1 Å². The maximum Gasteiger partial charge on any atom is 0.240 e. The number of fused-ring (bicyclic) bond motifs is 1. The summed E-state index contributed by atoms with van der Waals surface area (Å²) in [5, 5.41) is 10.5. The number of nitrogens with one attached hydrogen (secondary N) is 1. The van der Waals surface area contributed by atoms with Crippen LogP contribution in [0.4, 0.5) is 5.82 Å². The van der Waals surface area contributed by atoms with Crippen LogP contribution in [0.2, 0.25) is 5.02 Å². The molecule has 0 saturated carbocycles. The van der Waals surface area contributed by atoms with E-state index in [4.69, 9.17) is 21.4 Å². The summed E-state index contributed by atoms with van der Waals surface area (Å²) >= 11 is 9.41. The van der Waals surface area contributed by atoms with Crippen molar-refractivity contribution in [2.24, 2.45) is 0 Å². The van der Waals surface area contributed by atoms with E-state index in [1.165, 1.54) is 0 Å². The number of benzene rings is 2. The fourth-order valence-electron chi connectivity index (χ4n) is 4.37. The van der Waals surface area contributed by atoms with Crippen molar-refractivity contribution >= 4 is 52.3 Å². The zero-order valence-electron chi connectivity index (χ0n) is 21.0. The molecule has 1 N–H and O–H groups in total. The molecule has 0 radical (unpaired) electrons. The third-order valence-electron chi connectivity index (χ3n) is 6.20. The first-order chi connectivity index (χ1) is 18.5. The van der Waals surface area contributed by atoms with E-state index in [0.717, 1.165) is 33.8 Å². The first-order valence-electron chi connectivity index (χ1n) is 12.3. The summed E-state index contributed by atoms with van der Waals surface area (Å²) < 4.78 is 7.13. The van der Waals surface area contributed by atoms with Gasteiger partial charge in [0.2, 0.25) is 11.8 Å². The molecular weight excluding hydrogens is 540 g/mol. The average Bonchev–Trinajstić information content (AvgIpc) is 3.58. The number of nitrogens with zero attached hydrogens (tertiary/aromatic N) is 3. The maximum atomic E-state index is 13.6. The fourth-order valence-corrected chi connectivity index (χ4v) is 6.67. The zero-order chi connectivity index (χ0) is 26.6. The molecule has 10 heteroatoms. The van der Waals surface area contributed by atoms with Gasteiger partial charge in [-0.15, -0.1) is 23.1 Å². The molecule has 3 heterocycles. The van der Waals surface area contributed by atoms with Gasteiger partial charge < -0.3 is 10.1 Å². The molecule has 0 saturated heterocycles. The molecule has 0 aliphatic carbocycles. The quantitative estimate of drug-likeness (QED) is 0.285. The lowest BCUT2D eigenvalue weighted by molar-refractivity contribution is -0.122. The van der Waals surface area contributed by atoms with Crippen LogP contribution in [0.3, 0.4) is 0 Å². The van der Waals surface area contributed by atoms with Crippen molar-refractivity contribution in [3.63, 3.8) is 0 Å². The number of hydrogen-bond donors (Lipinski definition) is 1. The standard InChI is InChI=1S/C28H27ClN4O3S2/c1-3-14-30-23(34)16-32-24(35)17-38-27(22-5-4-15-37-22)25-26(18-6-8-19(29)9-7-18)31-33(28(25)32)20-10-12-21(36-2)13-11-20/h4-13,15,27H,3,14,16-17H2,1-2H3,(H,30,34). The lowest BCUT2D eigenvalue weighted by Gasteiger charge is -2.23. The second-order valence-corrected chi connectivity index (χ2v) is 11.2. The number of thiophene rings is 1. The third-order valence-corrected chi connectivity index (χ3v) is 8.77. The van der Waals surface area contributed by atoms with Gasteiger partial charge in [-0.1, -0.05) is 36.7 Å². The Hall–Kier alpha value is -3.27. The van der Waals surface area contributed by atoms with Gasteiger partial charge in [-0.3, -0.25) is 14.5 Å². The van der Waals surface area contributed by atoms with E-state index in [9.17, 15) is 9.59 Å². The van der Waals surface area contributed by atoms with Crippen LogP contribution in [-0.2, 0) is 9.59 Å². The molecule has 0 fully saturated rings. The van der Waals surface area contributed by atoms with E-state index >= 15 is 0 Å². The summed E-state index contributed by atoms with van der Waals surface area (Å²) in [5.74, 6) is 1.20. The van der Waals surface area contributed by atoms with Gasteiger partial charge >= 0.3 is 0 Å². The van der Waals surface area contributed by atoms with Gasteiger partial charge in [0.05, 0.1) is 29.5 Å². The Balaban J connectivity index is 1.76. The largest absolute Gasteiger partial charge is 0.497 e. The minimum absolute atomic E-state index is 0.0918. The predicted molar refractivity (Wildman–Crippen MR) is 155 cm³/mol. The molecule has 2 aromatic carbocycles. The Morgan fingerprint density at radius 2 is 1.92 bits per heavy atom. The normalized spacial score (nSPS) is 15.2. The number of rotatable bonds is 8. The van der Waals surface area contributed by atoms with Gasteiger partial charge in [-0.05, 0) is 54.3 Å². The van der Waals surface area contributed by atoms with E-state index in [1.54, 1.807) is 39.8 Å². The van der Waals surface area contributed by atoms with E-state index in [2.05, 4.69) is 11.4 Å². The first kappa shape index (κ1) is 26.3. The summed E-state index contributed by atoms with van der Waals surface area (Å²) in [7, 11) is 1.62. The smallest absolute Gasteiger partial charge is 0.240 e. The van der Waals surface area contributed by atoms with Gasteiger partial charge in [0.1, 0.15) is 18.1 Å². The van der Waals surface area contributed by atoms with Crippen LogP contribution in [0.1, 0.15) is 29.0 Å². The molecule has 196 valence electrons. The zero-order valence-corrected chi connectivity index (χ0v) is 23.4. The molecule has 0 spiro atoms. The number of thioether (sulfide) groups is 1. The second-order valence-electron chi connectivity index (χ2n) is 8.74. The molecule has 2 amide bonds. The summed E-state index contributed by atoms with van der Waals surface area (Å²) in [5.41, 5.74) is 3.27. The number of carbonyl (C=O) groups is 2. The molecule has 1 aliphatic rings. The molecular formula is C28H27ClN4O3S2. The number of halogens is 1. The first-order valence-corrected chi connectivity index (χ1v) is 14.6. The van der Waals surface area contributed by atoms with Crippen LogP contribution in [-0.4, -0.2) is 47.5 Å². The summed E-state index contributed by atoms with van der Waals surface area (Å²) in [4.78, 5) is 29.2. The van der Waals surface area contributed by atoms with Crippen LogP contribution >= 0.6 is 34.7 Å². The number of ether oxygens (including phenoxy) is 1. The summed E-state index contributed by atoms with van der Waals surface area (Å²) in [6.07, 6.45) is 0.811. The monoisotopic (exact) mass is 566 g/mol. The third kappa shape index (κ3) is 5.32. The molecule has 1 unspecified atom stereocenters. The Labute approximate surface area is 234 Å². The molecule has 2 aromatic heterocycles. The summed E-state index contributed by atoms with van der Waals surface area (Å²) in [6.45, 7) is 2.45. The number of carbonyl (C=O) groups excluding carboxylic acids is 2. The molecule has 0 bridgehead atoms. The van der Waals surface area contributed by atoms with Gasteiger partial charge in [0, 0.05) is 27.6 Å². The molecule has 4 aromatic rings. The topological polar surface area (TPSA) is 76.5 Å². The van der Waals surface area contributed by atoms with Gasteiger partial charge in [-0.25, -0.2) is 4.68 Å². The van der Waals surface area contributed by atoms with E-state index < -0.39 is 0 Å².